The van der Waals surface area contributed by atoms with Crippen molar-refractivity contribution in [3.05, 3.63) is 90.6 Å². The van der Waals surface area contributed by atoms with Crippen LogP contribution in [-0.4, -0.2) is 47.0 Å². The van der Waals surface area contributed by atoms with Crippen LogP contribution in [0.2, 0.25) is 0 Å². The predicted octanol–water partition coefficient (Wildman–Crippen LogP) is 4.90. The third kappa shape index (κ3) is 3.84. The summed E-state index contributed by atoms with van der Waals surface area (Å²) in [5, 5.41) is 0. The molecular weight excluding hydrogens is 408 g/mol. The number of hydrogen-bond acceptors (Lipinski definition) is 4. The van der Waals surface area contributed by atoms with E-state index >= 15 is 0 Å². The first-order chi connectivity index (χ1) is 16.2. The van der Waals surface area contributed by atoms with E-state index in [2.05, 4.69) is 26.9 Å². The average Bonchev–Trinajstić information content (AvgIpc) is 2.88. The van der Waals surface area contributed by atoms with Gasteiger partial charge in [0, 0.05) is 31.7 Å². The molecule has 2 fully saturated rings. The van der Waals surface area contributed by atoms with Crippen LogP contribution in [0, 0.1) is 11.8 Å². The Balaban J connectivity index is 1.22. The Morgan fingerprint density at radius 3 is 2.21 bits per heavy atom. The SMILES string of the molecule is O=C(c1ccccc1-c1ccccc1)N1CC2CC(C1)CN(c1cnc3ccccc3n1)C2. The van der Waals surface area contributed by atoms with Crippen LogP contribution >= 0.6 is 0 Å². The van der Waals surface area contributed by atoms with E-state index in [9.17, 15) is 4.79 Å². The maximum Gasteiger partial charge on any atom is 0.254 e. The van der Waals surface area contributed by atoms with E-state index in [0.717, 1.165) is 59.7 Å². The molecule has 3 heterocycles. The van der Waals surface area contributed by atoms with Gasteiger partial charge in [0.25, 0.3) is 5.91 Å². The second-order valence-electron chi connectivity index (χ2n) is 9.21. The van der Waals surface area contributed by atoms with Gasteiger partial charge in [-0.2, -0.15) is 0 Å². The Morgan fingerprint density at radius 1 is 0.758 bits per heavy atom. The zero-order valence-corrected chi connectivity index (χ0v) is 18.5. The molecule has 2 bridgehead atoms. The molecule has 2 unspecified atom stereocenters. The van der Waals surface area contributed by atoms with Gasteiger partial charge >= 0.3 is 0 Å². The first-order valence-corrected chi connectivity index (χ1v) is 11.6. The van der Waals surface area contributed by atoms with E-state index in [0.29, 0.717) is 11.8 Å². The number of amides is 1. The minimum atomic E-state index is 0.142. The topological polar surface area (TPSA) is 49.3 Å². The zero-order valence-electron chi connectivity index (χ0n) is 18.5. The number of piperidine rings is 2. The maximum absolute atomic E-state index is 13.6. The molecule has 0 spiro atoms. The summed E-state index contributed by atoms with van der Waals surface area (Å²) in [6.07, 6.45) is 3.06. The van der Waals surface area contributed by atoms with Gasteiger partial charge in [-0.25, -0.2) is 4.98 Å². The molecule has 164 valence electrons. The van der Waals surface area contributed by atoms with Crippen molar-refractivity contribution in [3.63, 3.8) is 0 Å². The Hall–Kier alpha value is -3.73. The maximum atomic E-state index is 13.6. The molecule has 5 heteroatoms. The number of carbonyl (C=O) groups excluding carboxylic acids is 1. The summed E-state index contributed by atoms with van der Waals surface area (Å²) in [5.41, 5.74) is 4.74. The number of benzene rings is 3. The Bertz CT molecular complexity index is 1290. The lowest BCUT2D eigenvalue weighted by molar-refractivity contribution is 0.0565. The van der Waals surface area contributed by atoms with Gasteiger partial charge in [0.1, 0.15) is 5.82 Å². The lowest BCUT2D eigenvalue weighted by Crippen LogP contribution is -2.54. The van der Waals surface area contributed by atoms with E-state index < -0.39 is 0 Å². The number of aromatic nitrogens is 2. The highest BCUT2D eigenvalue weighted by atomic mass is 16.2. The molecule has 0 aliphatic carbocycles. The van der Waals surface area contributed by atoms with Crippen LogP contribution in [0.5, 0.6) is 0 Å². The lowest BCUT2D eigenvalue weighted by atomic mass is 9.84. The van der Waals surface area contributed by atoms with E-state index in [-0.39, 0.29) is 5.91 Å². The van der Waals surface area contributed by atoms with Crippen LogP contribution < -0.4 is 4.90 Å². The van der Waals surface area contributed by atoms with Crippen molar-refractivity contribution >= 4 is 22.8 Å². The average molecular weight is 435 g/mol. The molecule has 0 saturated carbocycles. The van der Waals surface area contributed by atoms with Gasteiger partial charge in [-0.3, -0.25) is 9.78 Å². The van der Waals surface area contributed by atoms with Crippen LogP contribution in [0.3, 0.4) is 0 Å². The molecular formula is C28H26N4O. The van der Waals surface area contributed by atoms with Gasteiger partial charge in [-0.05, 0) is 47.6 Å². The first-order valence-electron chi connectivity index (χ1n) is 11.6. The van der Waals surface area contributed by atoms with Gasteiger partial charge in [-0.1, -0.05) is 60.7 Å². The summed E-state index contributed by atoms with van der Waals surface area (Å²) in [4.78, 5) is 27.5. The summed E-state index contributed by atoms with van der Waals surface area (Å²) in [7, 11) is 0. The quantitative estimate of drug-likeness (QED) is 0.460. The van der Waals surface area contributed by atoms with E-state index in [1.165, 1.54) is 6.42 Å². The smallest absolute Gasteiger partial charge is 0.254 e. The van der Waals surface area contributed by atoms with Crippen LogP contribution in [0.15, 0.2) is 85.1 Å². The molecule has 5 nitrogen and oxygen atoms in total. The molecule has 6 rings (SSSR count). The fourth-order valence-electron chi connectivity index (χ4n) is 5.44. The van der Waals surface area contributed by atoms with Crippen molar-refractivity contribution < 1.29 is 4.79 Å². The summed E-state index contributed by atoms with van der Waals surface area (Å²) in [6, 6.07) is 26.2. The fourth-order valence-corrected chi connectivity index (χ4v) is 5.44. The summed E-state index contributed by atoms with van der Waals surface area (Å²) >= 11 is 0. The van der Waals surface area contributed by atoms with E-state index in [4.69, 9.17) is 4.98 Å². The molecule has 0 radical (unpaired) electrons. The number of likely N-dealkylation sites (tertiary alicyclic amines) is 1. The monoisotopic (exact) mass is 434 g/mol. The van der Waals surface area contributed by atoms with Crippen LogP contribution in [0.25, 0.3) is 22.2 Å². The van der Waals surface area contributed by atoms with Crippen LogP contribution in [0.4, 0.5) is 5.82 Å². The van der Waals surface area contributed by atoms with E-state index in [1.54, 1.807) is 0 Å². The van der Waals surface area contributed by atoms with Gasteiger partial charge in [0.05, 0.1) is 17.2 Å². The molecule has 33 heavy (non-hydrogen) atoms. The highest BCUT2D eigenvalue weighted by Crippen LogP contribution is 2.33. The minimum Gasteiger partial charge on any atom is -0.355 e. The predicted molar refractivity (Wildman–Crippen MR) is 131 cm³/mol. The molecule has 1 amide bonds. The van der Waals surface area contributed by atoms with Crippen LogP contribution in [-0.2, 0) is 0 Å². The number of fused-ring (bicyclic) bond motifs is 3. The molecule has 2 aliphatic heterocycles. The van der Waals surface area contributed by atoms with Crippen molar-refractivity contribution in [2.24, 2.45) is 11.8 Å². The molecule has 1 aromatic heterocycles. The Kier molecular flexibility index (Phi) is 5.02. The molecule has 4 aromatic rings. The Labute approximate surface area is 193 Å². The van der Waals surface area contributed by atoms with E-state index in [1.807, 2.05) is 72.9 Å². The second kappa shape index (κ2) is 8.32. The van der Waals surface area contributed by atoms with Crippen LogP contribution in [0.1, 0.15) is 16.8 Å². The van der Waals surface area contributed by atoms with Crippen molar-refractivity contribution in [2.75, 3.05) is 31.1 Å². The zero-order chi connectivity index (χ0) is 22.2. The fraction of sp³-hybridized carbons (Fsp3) is 0.250. The summed E-state index contributed by atoms with van der Waals surface area (Å²) in [6.45, 7) is 3.40. The van der Waals surface area contributed by atoms with Gasteiger partial charge in [-0.15, -0.1) is 0 Å². The number of carbonyl (C=O) groups is 1. The van der Waals surface area contributed by atoms with Crippen molar-refractivity contribution in [1.29, 1.82) is 0 Å². The van der Waals surface area contributed by atoms with Gasteiger partial charge < -0.3 is 9.80 Å². The summed E-state index contributed by atoms with van der Waals surface area (Å²) in [5.74, 6) is 1.97. The number of rotatable bonds is 3. The lowest BCUT2D eigenvalue weighted by Gasteiger charge is -2.46. The minimum absolute atomic E-state index is 0.142. The largest absolute Gasteiger partial charge is 0.355 e. The molecule has 2 atom stereocenters. The van der Waals surface area contributed by atoms with Crippen molar-refractivity contribution in [3.8, 4) is 11.1 Å². The van der Waals surface area contributed by atoms with Crippen molar-refractivity contribution in [2.45, 2.75) is 6.42 Å². The number of anilines is 1. The number of hydrogen-bond donors (Lipinski definition) is 0. The normalized spacial score (nSPS) is 20.1. The standard InChI is InChI=1S/C28H26N4O/c33-28(24-11-5-4-10-23(24)22-8-2-1-3-9-22)32-18-20-14-21(19-32)17-31(16-20)27-15-29-25-12-6-7-13-26(25)30-27/h1-13,15,20-21H,14,16-19H2. The molecule has 2 aliphatic rings. The third-order valence-electron chi connectivity index (χ3n) is 6.87. The molecule has 3 aromatic carbocycles. The Morgan fingerprint density at radius 2 is 1.42 bits per heavy atom. The van der Waals surface area contributed by atoms with Crippen molar-refractivity contribution in [1.82, 2.24) is 14.9 Å². The van der Waals surface area contributed by atoms with Gasteiger partial charge in [0.15, 0.2) is 0 Å². The number of nitrogens with zero attached hydrogens (tertiary/aromatic N) is 4. The molecule has 2 saturated heterocycles. The second-order valence-corrected chi connectivity index (χ2v) is 9.21. The third-order valence-corrected chi connectivity index (χ3v) is 6.87. The number of para-hydroxylation sites is 2. The van der Waals surface area contributed by atoms with Gasteiger partial charge in [0.2, 0.25) is 0 Å². The highest BCUT2D eigenvalue weighted by molar-refractivity contribution is 6.01. The first kappa shape index (κ1) is 19.9. The summed E-state index contributed by atoms with van der Waals surface area (Å²) < 4.78 is 0. The molecule has 0 N–H and O–H groups in total. The highest BCUT2D eigenvalue weighted by Gasteiger charge is 2.37.